The molecule has 0 saturated carbocycles. The summed E-state index contributed by atoms with van der Waals surface area (Å²) in [6.45, 7) is 2.65. The normalized spacial score (nSPS) is 13.1. The molecule has 0 aliphatic rings. The summed E-state index contributed by atoms with van der Waals surface area (Å²) in [5, 5.41) is 18.1. The maximum absolute atomic E-state index is 8.76. The molecule has 0 aliphatic heterocycles. The summed E-state index contributed by atoms with van der Waals surface area (Å²) < 4.78 is 5.34. The van der Waals surface area contributed by atoms with Gasteiger partial charge in [-0.3, -0.25) is 0 Å². The third-order valence-corrected chi connectivity index (χ3v) is 4.06. The molecule has 1 heterocycles. The number of methoxy groups -OCH3 is 1. The van der Waals surface area contributed by atoms with Crippen molar-refractivity contribution in [3.8, 4) is 5.75 Å². The van der Waals surface area contributed by atoms with Gasteiger partial charge in [-0.15, -0.1) is 11.3 Å². The third-order valence-electron chi connectivity index (χ3n) is 3.10. The molecule has 2 rings (SSSR count). The summed E-state index contributed by atoms with van der Waals surface area (Å²) in [7, 11) is 1.62. The number of nitrogens with two attached hydrogens (primary N) is 1. The Balaban J connectivity index is 2.14. The summed E-state index contributed by atoms with van der Waals surface area (Å²) in [5.74, 6) is 0.829. The van der Waals surface area contributed by atoms with Crippen molar-refractivity contribution in [2.75, 3.05) is 7.11 Å². The van der Waals surface area contributed by atoms with Crippen LogP contribution in [0.1, 0.15) is 29.1 Å². The summed E-state index contributed by atoms with van der Waals surface area (Å²) >= 11 is 1.61. The van der Waals surface area contributed by atoms with Crippen molar-refractivity contribution in [2.24, 2.45) is 10.9 Å². The summed E-state index contributed by atoms with van der Waals surface area (Å²) in [6, 6.07) is 5.54. The lowest BCUT2D eigenvalue weighted by molar-refractivity contribution is 0.318. The molecule has 1 aromatic carbocycles. The molecule has 0 saturated heterocycles. The van der Waals surface area contributed by atoms with Gasteiger partial charge in [0.2, 0.25) is 0 Å². The third kappa shape index (κ3) is 3.71. The van der Waals surface area contributed by atoms with Gasteiger partial charge in [-0.25, -0.2) is 4.98 Å². The Morgan fingerprint density at radius 2 is 2.38 bits per heavy atom. The molecule has 0 fully saturated rings. The molecular formula is C14H18N4O2S. The van der Waals surface area contributed by atoms with Crippen LogP contribution in [0.2, 0.25) is 0 Å². The second-order valence-corrected chi connectivity index (χ2v) is 5.41. The van der Waals surface area contributed by atoms with Crippen LogP contribution in [0.3, 0.4) is 0 Å². The number of ether oxygens (including phenoxy) is 1. The molecule has 6 nitrogen and oxygen atoms in total. The van der Waals surface area contributed by atoms with Crippen LogP contribution in [-0.2, 0) is 6.54 Å². The highest BCUT2D eigenvalue weighted by molar-refractivity contribution is 7.09. The van der Waals surface area contributed by atoms with Gasteiger partial charge in [-0.05, 0) is 25.1 Å². The Morgan fingerprint density at radius 3 is 3.00 bits per heavy atom. The molecule has 1 unspecified atom stereocenters. The van der Waals surface area contributed by atoms with Crippen LogP contribution in [-0.4, -0.2) is 23.1 Å². The summed E-state index contributed by atoms with van der Waals surface area (Å²) in [5.41, 5.74) is 7.20. The second kappa shape index (κ2) is 7.05. The number of benzene rings is 1. The Labute approximate surface area is 127 Å². The first-order chi connectivity index (χ1) is 10.2. The van der Waals surface area contributed by atoms with Crippen LogP contribution >= 0.6 is 11.3 Å². The van der Waals surface area contributed by atoms with Gasteiger partial charge in [0.05, 0.1) is 13.2 Å². The van der Waals surface area contributed by atoms with E-state index in [2.05, 4.69) is 22.4 Å². The molecule has 0 bridgehead atoms. The fourth-order valence-electron chi connectivity index (χ4n) is 1.93. The zero-order chi connectivity index (χ0) is 15.2. The van der Waals surface area contributed by atoms with Gasteiger partial charge in [0.15, 0.2) is 5.84 Å². The van der Waals surface area contributed by atoms with Crippen LogP contribution in [0.15, 0.2) is 34.9 Å². The topological polar surface area (TPSA) is 92.8 Å². The standard InChI is InChI=1S/C14H18N4O2S/c1-9(14-16-5-6-21-14)17-8-11-7-10(13(15)18-19)3-4-12(11)20-2/h3-7,9,17,19H,8H2,1-2H3,(H2,15,18). The van der Waals surface area contributed by atoms with Crippen molar-refractivity contribution in [2.45, 2.75) is 19.5 Å². The zero-order valence-corrected chi connectivity index (χ0v) is 12.7. The predicted octanol–water partition coefficient (Wildman–Crippen LogP) is 2.10. The van der Waals surface area contributed by atoms with E-state index in [0.717, 1.165) is 16.3 Å². The Hall–Kier alpha value is -2.12. The quantitative estimate of drug-likeness (QED) is 0.329. The van der Waals surface area contributed by atoms with Gasteiger partial charge in [0.1, 0.15) is 10.8 Å². The number of hydrogen-bond donors (Lipinski definition) is 3. The van der Waals surface area contributed by atoms with Crippen LogP contribution in [0, 0.1) is 0 Å². The fraction of sp³-hybridized carbons (Fsp3) is 0.286. The number of hydrogen-bond acceptors (Lipinski definition) is 6. The smallest absolute Gasteiger partial charge is 0.170 e. The van der Waals surface area contributed by atoms with Crippen molar-refractivity contribution >= 4 is 17.2 Å². The van der Waals surface area contributed by atoms with Gasteiger partial charge in [0, 0.05) is 29.2 Å². The van der Waals surface area contributed by atoms with E-state index >= 15 is 0 Å². The minimum absolute atomic E-state index is 0.0758. The first kappa shape index (κ1) is 15.3. The van der Waals surface area contributed by atoms with E-state index in [4.69, 9.17) is 15.7 Å². The molecule has 1 aromatic heterocycles. The van der Waals surface area contributed by atoms with E-state index in [1.807, 2.05) is 11.4 Å². The molecule has 4 N–H and O–H groups in total. The summed E-state index contributed by atoms with van der Waals surface area (Å²) in [6.07, 6.45) is 1.79. The van der Waals surface area contributed by atoms with Crippen LogP contribution < -0.4 is 15.8 Å². The number of nitrogens with one attached hydrogen (secondary N) is 1. The van der Waals surface area contributed by atoms with E-state index in [1.165, 1.54) is 0 Å². The molecule has 7 heteroatoms. The number of thiazole rings is 1. The first-order valence-electron chi connectivity index (χ1n) is 6.43. The molecule has 0 aliphatic carbocycles. The average Bonchev–Trinajstić information content (AvgIpc) is 3.06. The van der Waals surface area contributed by atoms with E-state index in [9.17, 15) is 0 Å². The molecule has 1 atom stereocenters. The maximum atomic E-state index is 8.76. The van der Waals surface area contributed by atoms with E-state index < -0.39 is 0 Å². The van der Waals surface area contributed by atoms with Crippen molar-refractivity contribution < 1.29 is 9.94 Å². The highest BCUT2D eigenvalue weighted by atomic mass is 32.1. The van der Waals surface area contributed by atoms with Crippen LogP contribution in [0.5, 0.6) is 5.75 Å². The largest absolute Gasteiger partial charge is 0.496 e. The number of aromatic nitrogens is 1. The van der Waals surface area contributed by atoms with E-state index in [-0.39, 0.29) is 11.9 Å². The number of nitrogens with zero attached hydrogens (tertiary/aromatic N) is 2. The molecule has 112 valence electrons. The van der Waals surface area contributed by atoms with Gasteiger partial charge in [0.25, 0.3) is 0 Å². The molecular weight excluding hydrogens is 288 g/mol. The molecule has 0 amide bonds. The van der Waals surface area contributed by atoms with Gasteiger partial charge >= 0.3 is 0 Å². The van der Waals surface area contributed by atoms with Crippen molar-refractivity contribution in [3.05, 3.63) is 45.9 Å². The molecule has 0 spiro atoms. The van der Waals surface area contributed by atoms with Crippen molar-refractivity contribution in [1.29, 1.82) is 0 Å². The fourth-order valence-corrected chi connectivity index (χ4v) is 2.60. The minimum atomic E-state index is 0.0758. The first-order valence-corrected chi connectivity index (χ1v) is 7.31. The number of rotatable bonds is 6. The van der Waals surface area contributed by atoms with Crippen molar-refractivity contribution in [3.63, 3.8) is 0 Å². The SMILES string of the molecule is COc1ccc(/C(N)=N/O)cc1CNC(C)c1nccs1. The lowest BCUT2D eigenvalue weighted by Crippen LogP contribution is -2.19. The molecule has 0 radical (unpaired) electrons. The number of oxime groups is 1. The Kier molecular flexibility index (Phi) is 5.13. The average molecular weight is 306 g/mol. The predicted molar refractivity (Wildman–Crippen MR) is 82.9 cm³/mol. The van der Waals surface area contributed by atoms with Gasteiger partial charge in [-0.1, -0.05) is 5.16 Å². The molecule has 2 aromatic rings. The van der Waals surface area contributed by atoms with Gasteiger partial charge < -0.3 is 21.0 Å². The Bertz CT molecular complexity index is 613. The highest BCUT2D eigenvalue weighted by Gasteiger charge is 2.11. The monoisotopic (exact) mass is 306 g/mol. The van der Waals surface area contributed by atoms with E-state index in [1.54, 1.807) is 36.8 Å². The Morgan fingerprint density at radius 1 is 1.57 bits per heavy atom. The minimum Gasteiger partial charge on any atom is -0.496 e. The van der Waals surface area contributed by atoms with Gasteiger partial charge in [-0.2, -0.15) is 0 Å². The van der Waals surface area contributed by atoms with Crippen molar-refractivity contribution in [1.82, 2.24) is 10.3 Å². The zero-order valence-electron chi connectivity index (χ0n) is 11.9. The number of amidine groups is 1. The molecule has 21 heavy (non-hydrogen) atoms. The lowest BCUT2D eigenvalue weighted by atomic mass is 10.1. The maximum Gasteiger partial charge on any atom is 0.170 e. The second-order valence-electron chi connectivity index (χ2n) is 4.48. The highest BCUT2D eigenvalue weighted by Crippen LogP contribution is 2.22. The summed E-state index contributed by atoms with van der Waals surface area (Å²) in [4.78, 5) is 4.28. The lowest BCUT2D eigenvalue weighted by Gasteiger charge is -2.14. The van der Waals surface area contributed by atoms with E-state index in [0.29, 0.717) is 12.1 Å². The van der Waals surface area contributed by atoms with Crippen LogP contribution in [0.4, 0.5) is 0 Å². The van der Waals surface area contributed by atoms with Crippen LogP contribution in [0.25, 0.3) is 0 Å².